The maximum atomic E-state index is 12.3. The first kappa shape index (κ1) is 18.0. The first-order valence-electron chi connectivity index (χ1n) is 8.48. The van der Waals surface area contributed by atoms with Crippen LogP contribution in [0, 0.1) is 6.92 Å². The van der Waals surface area contributed by atoms with E-state index in [9.17, 15) is 4.79 Å². The molecule has 4 rings (SSSR count). The van der Waals surface area contributed by atoms with Crippen molar-refractivity contribution >= 4 is 17.3 Å². The summed E-state index contributed by atoms with van der Waals surface area (Å²) in [4.78, 5) is 16.7. The molecule has 0 saturated heterocycles. The summed E-state index contributed by atoms with van der Waals surface area (Å²) in [5, 5.41) is 6.81. The number of benzene rings is 1. The molecule has 0 atom stereocenters. The molecule has 28 heavy (non-hydrogen) atoms. The third-order valence-corrected chi connectivity index (χ3v) is 4.62. The molecule has 3 aromatic heterocycles. The summed E-state index contributed by atoms with van der Waals surface area (Å²) in [6, 6.07) is 12.0. The van der Waals surface area contributed by atoms with E-state index in [-0.39, 0.29) is 6.61 Å². The number of ether oxygens (including phenoxy) is 2. The Hall–Kier alpha value is -3.39. The summed E-state index contributed by atoms with van der Waals surface area (Å²) >= 11 is 1.57. The molecule has 0 aliphatic heterocycles. The molecular formula is C20H16N2O5S. The highest BCUT2D eigenvalue weighted by molar-refractivity contribution is 7.09. The summed E-state index contributed by atoms with van der Waals surface area (Å²) in [6.45, 7) is 2.28. The highest BCUT2D eigenvalue weighted by Crippen LogP contribution is 2.21. The van der Waals surface area contributed by atoms with E-state index in [0.717, 1.165) is 10.7 Å². The fourth-order valence-electron chi connectivity index (χ4n) is 2.48. The van der Waals surface area contributed by atoms with Crippen LogP contribution in [0.25, 0.3) is 11.5 Å². The summed E-state index contributed by atoms with van der Waals surface area (Å²) in [5.41, 5.74) is 1.74. The largest absolute Gasteiger partial charge is 0.487 e. The molecule has 0 aliphatic rings. The van der Waals surface area contributed by atoms with E-state index in [1.165, 1.54) is 0 Å². The molecule has 0 radical (unpaired) electrons. The van der Waals surface area contributed by atoms with Crippen molar-refractivity contribution in [2.24, 2.45) is 0 Å². The lowest BCUT2D eigenvalue weighted by Gasteiger charge is -2.07. The van der Waals surface area contributed by atoms with Gasteiger partial charge < -0.3 is 18.4 Å². The Kier molecular flexibility index (Phi) is 5.20. The van der Waals surface area contributed by atoms with Crippen LogP contribution < -0.4 is 4.74 Å². The highest BCUT2D eigenvalue weighted by atomic mass is 32.1. The zero-order valence-corrected chi connectivity index (χ0v) is 15.8. The minimum absolute atomic E-state index is 0.00771. The number of carbonyl (C=O) groups is 1. The zero-order chi connectivity index (χ0) is 19.3. The van der Waals surface area contributed by atoms with Gasteiger partial charge in [-0.3, -0.25) is 0 Å². The Morgan fingerprint density at radius 1 is 1.11 bits per heavy atom. The maximum absolute atomic E-state index is 12.3. The van der Waals surface area contributed by atoms with Crippen molar-refractivity contribution in [3.8, 4) is 17.3 Å². The van der Waals surface area contributed by atoms with Gasteiger partial charge >= 0.3 is 5.97 Å². The zero-order valence-electron chi connectivity index (χ0n) is 15.0. The number of hydrogen-bond acceptors (Lipinski definition) is 8. The van der Waals surface area contributed by atoms with Crippen LogP contribution in [-0.2, 0) is 18.0 Å². The van der Waals surface area contributed by atoms with Gasteiger partial charge in [0.1, 0.15) is 24.7 Å². The van der Waals surface area contributed by atoms with E-state index in [0.29, 0.717) is 35.1 Å². The Balaban J connectivity index is 1.34. The Bertz CT molecular complexity index is 1070. The van der Waals surface area contributed by atoms with Crippen LogP contribution in [-0.4, -0.2) is 16.1 Å². The van der Waals surface area contributed by atoms with Gasteiger partial charge in [-0.1, -0.05) is 11.2 Å². The van der Waals surface area contributed by atoms with Gasteiger partial charge in [-0.05, 0) is 37.3 Å². The van der Waals surface area contributed by atoms with Crippen molar-refractivity contribution in [1.82, 2.24) is 10.1 Å². The number of aryl methyl sites for hydroxylation is 1. The van der Waals surface area contributed by atoms with Gasteiger partial charge in [0.15, 0.2) is 5.76 Å². The van der Waals surface area contributed by atoms with E-state index < -0.39 is 5.97 Å². The topological polar surface area (TPSA) is 87.6 Å². The number of rotatable bonds is 7. The number of nitrogens with zero attached hydrogens (tertiary/aromatic N) is 2. The van der Waals surface area contributed by atoms with Crippen molar-refractivity contribution < 1.29 is 23.2 Å². The predicted octanol–water partition coefficient (Wildman–Crippen LogP) is 4.64. The molecular weight excluding hydrogens is 380 g/mol. The fourth-order valence-corrected chi connectivity index (χ4v) is 3.08. The lowest BCUT2D eigenvalue weighted by Crippen LogP contribution is -2.06. The van der Waals surface area contributed by atoms with Crippen molar-refractivity contribution in [2.45, 2.75) is 20.1 Å². The molecule has 0 saturated carbocycles. The molecule has 0 fully saturated rings. The maximum Gasteiger partial charge on any atom is 0.338 e. The summed E-state index contributed by atoms with van der Waals surface area (Å²) in [7, 11) is 0. The van der Waals surface area contributed by atoms with Crippen molar-refractivity contribution in [2.75, 3.05) is 0 Å². The Morgan fingerprint density at radius 2 is 2.04 bits per heavy atom. The van der Waals surface area contributed by atoms with Crippen LogP contribution in [0.4, 0.5) is 0 Å². The van der Waals surface area contributed by atoms with Gasteiger partial charge in [0.2, 0.25) is 5.76 Å². The van der Waals surface area contributed by atoms with Crippen LogP contribution >= 0.6 is 11.3 Å². The third-order valence-electron chi connectivity index (χ3n) is 3.80. The summed E-state index contributed by atoms with van der Waals surface area (Å²) < 4.78 is 21.4. The molecule has 1 aromatic carbocycles. The molecule has 0 N–H and O–H groups in total. The monoisotopic (exact) mass is 396 g/mol. The number of thiazole rings is 1. The highest BCUT2D eigenvalue weighted by Gasteiger charge is 2.13. The van der Waals surface area contributed by atoms with Gasteiger partial charge in [-0.2, -0.15) is 0 Å². The van der Waals surface area contributed by atoms with Crippen molar-refractivity contribution in [3.05, 3.63) is 76.1 Å². The van der Waals surface area contributed by atoms with E-state index in [2.05, 4.69) is 10.1 Å². The molecule has 0 amide bonds. The fraction of sp³-hybridized carbons (Fsp3) is 0.150. The van der Waals surface area contributed by atoms with E-state index in [4.69, 9.17) is 18.4 Å². The molecule has 3 heterocycles. The first-order chi connectivity index (χ1) is 13.7. The summed E-state index contributed by atoms with van der Waals surface area (Å²) in [5.74, 6) is 1.13. The number of hydrogen-bond donors (Lipinski definition) is 0. The van der Waals surface area contributed by atoms with Crippen molar-refractivity contribution in [1.29, 1.82) is 0 Å². The first-order valence-corrected chi connectivity index (χ1v) is 9.36. The molecule has 0 aliphatic carbocycles. The Labute approximate surface area is 164 Å². The molecule has 4 aromatic rings. The van der Waals surface area contributed by atoms with Crippen LogP contribution in [0.5, 0.6) is 5.75 Å². The third kappa shape index (κ3) is 4.29. The smallest absolute Gasteiger partial charge is 0.338 e. The predicted molar refractivity (Wildman–Crippen MR) is 101 cm³/mol. The average molecular weight is 396 g/mol. The number of furan rings is 1. The van der Waals surface area contributed by atoms with Gasteiger partial charge in [0, 0.05) is 11.4 Å². The Morgan fingerprint density at radius 3 is 2.82 bits per heavy atom. The van der Waals surface area contributed by atoms with E-state index >= 15 is 0 Å². The molecule has 8 heteroatoms. The lowest BCUT2D eigenvalue weighted by molar-refractivity contribution is 0.0463. The second-order valence-corrected chi connectivity index (χ2v) is 6.97. The standard InChI is InChI=1S/C20H16N2O5S/c1-13-21-16(12-28-13)11-25-17-5-2-4-14(8-17)20(23)26-10-15-9-19(27-22-15)18-6-3-7-24-18/h2-9,12H,10-11H2,1H3. The quantitative estimate of drug-likeness (QED) is 0.421. The minimum atomic E-state index is -0.475. The number of aromatic nitrogens is 2. The van der Waals surface area contributed by atoms with E-state index in [1.807, 2.05) is 12.3 Å². The molecule has 0 spiro atoms. The average Bonchev–Trinajstić information content (AvgIpc) is 3.46. The lowest BCUT2D eigenvalue weighted by atomic mass is 10.2. The van der Waals surface area contributed by atoms with Crippen molar-refractivity contribution in [3.63, 3.8) is 0 Å². The molecule has 0 unspecified atom stereocenters. The minimum Gasteiger partial charge on any atom is -0.487 e. The SMILES string of the molecule is Cc1nc(COc2cccc(C(=O)OCc3cc(-c4ccco4)on3)c2)cs1. The second kappa shape index (κ2) is 8.10. The molecule has 0 bridgehead atoms. The van der Waals surface area contributed by atoms with Gasteiger partial charge in [-0.15, -0.1) is 11.3 Å². The number of carbonyl (C=O) groups excluding carboxylic acids is 1. The van der Waals surface area contributed by atoms with Gasteiger partial charge in [-0.25, -0.2) is 9.78 Å². The van der Waals surface area contributed by atoms with Crippen LogP contribution in [0.2, 0.25) is 0 Å². The summed E-state index contributed by atoms with van der Waals surface area (Å²) in [6.07, 6.45) is 1.54. The normalized spacial score (nSPS) is 10.8. The second-order valence-electron chi connectivity index (χ2n) is 5.91. The van der Waals surface area contributed by atoms with Gasteiger partial charge in [0.05, 0.1) is 22.5 Å². The number of esters is 1. The molecule has 7 nitrogen and oxygen atoms in total. The molecule has 142 valence electrons. The van der Waals surface area contributed by atoms with Crippen LogP contribution in [0.3, 0.4) is 0 Å². The van der Waals surface area contributed by atoms with Gasteiger partial charge in [0.25, 0.3) is 0 Å². The van der Waals surface area contributed by atoms with Crippen LogP contribution in [0.15, 0.2) is 63.0 Å². The van der Waals surface area contributed by atoms with E-state index in [1.54, 1.807) is 60.1 Å². The van der Waals surface area contributed by atoms with Crippen LogP contribution in [0.1, 0.15) is 26.8 Å².